The van der Waals surface area contributed by atoms with Crippen molar-refractivity contribution in [3.63, 3.8) is 0 Å². The van der Waals surface area contributed by atoms with Crippen molar-refractivity contribution in [3.8, 4) is 5.75 Å². The zero-order valence-corrected chi connectivity index (χ0v) is 20.1. The summed E-state index contributed by atoms with van der Waals surface area (Å²) in [6, 6.07) is 3.94. The highest BCUT2D eigenvalue weighted by molar-refractivity contribution is 7.19. The Morgan fingerprint density at radius 2 is 2.09 bits per heavy atom. The number of benzene rings is 1. The van der Waals surface area contributed by atoms with E-state index >= 15 is 0 Å². The number of aromatic nitrogens is 4. The number of hydrogen-bond acceptors (Lipinski definition) is 8. The summed E-state index contributed by atoms with van der Waals surface area (Å²) in [5.74, 6) is 1.84. The lowest BCUT2D eigenvalue weighted by atomic mass is 9.86. The summed E-state index contributed by atoms with van der Waals surface area (Å²) in [4.78, 5) is 28.9. The van der Waals surface area contributed by atoms with E-state index in [0.29, 0.717) is 11.7 Å². The van der Waals surface area contributed by atoms with E-state index in [-0.39, 0.29) is 5.92 Å². The number of aromatic amines is 1. The largest absolute Gasteiger partial charge is 0.494 e. The van der Waals surface area contributed by atoms with Crippen LogP contribution in [0.15, 0.2) is 24.7 Å². The highest BCUT2D eigenvalue weighted by Gasteiger charge is 2.32. The van der Waals surface area contributed by atoms with Crippen LogP contribution in [0.4, 0.5) is 11.5 Å². The molecule has 6 rings (SSSR count). The number of amides is 1. The maximum absolute atomic E-state index is 13.2. The van der Waals surface area contributed by atoms with Crippen molar-refractivity contribution in [2.75, 3.05) is 45.7 Å². The Morgan fingerprint density at radius 3 is 2.91 bits per heavy atom. The first-order valence-electron chi connectivity index (χ1n) is 11.6. The normalized spacial score (nSPS) is 18.9. The molecule has 1 aliphatic carbocycles. The van der Waals surface area contributed by atoms with E-state index in [2.05, 4.69) is 37.4 Å². The first-order valence-corrected chi connectivity index (χ1v) is 12.4. The number of hydrogen-bond donors (Lipinski definition) is 2. The lowest BCUT2D eigenvalue weighted by Gasteiger charge is -2.35. The Labute approximate surface area is 201 Å². The Bertz CT molecular complexity index is 1370. The first kappa shape index (κ1) is 21.3. The maximum Gasteiger partial charge on any atom is 0.226 e. The van der Waals surface area contributed by atoms with Gasteiger partial charge in [-0.15, -0.1) is 11.3 Å². The van der Waals surface area contributed by atoms with Gasteiger partial charge in [0.25, 0.3) is 0 Å². The van der Waals surface area contributed by atoms with Gasteiger partial charge in [0.15, 0.2) is 0 Å². The number of H-pyrrole nitrogens is 1. The molecule has 1 aliphatic heterocycles. The van der Waals surface area contributed by atoms with Crippen molar-refractivity contribution in [2.24, 2.45) is 5.92 Å². The molecular weight excluding hydrogens is 450 g/mol. The zero-order valence-electron chi connectivity index (χ0n) is 19.3. The van der Waals surface area contributed by atoms with Crippen molar-refractivity contribution in [3.05, 3.63) is 35.1 Å². The molecular formula is C24H27N7O2S. The highest BCUT2D eigenvalue weighted by atomic mass is 32.1. The SMILES string of the molecule is COc1cc2[nH]ncc2cc1Nc1ncnc2sc3c(c12)CCC(C(=O)N1CCN(C)CC1)C3. The van der Waals surface area contributed by atoms with Crippen molar-refractivity contribution in [2.45, 2.75) is 19.3 Å². The van der Waals surface area contributed by atoms with Crippen LogP contribution in [-0.2, 0) is 17.6 Å². The minimum atomic E-state index is 0.0527. The number of nitrogens with zero attached hydrogens (tertiary/aromatic N) is 5. The van der Waals surface area contributed by atoms with Crippen molar-refractivity contribution in [1.82, 2.24) is 30.0 Å². The van der Waals surface area contributed by atoms with Gasteiger partial charge in [0, 0.05) is 48.4 Å². The monoisotopic (exact) mass is 477 g/mol. The zero-order chi connectivity index (χ0) is 23.2. The number of aryl methyl sites for hydroxylation is 1. The molecule has 1 atom stereocenters. The lowest BCUT2D eigenvalue weighted by Crippen LogP contribution is -2.49. The van der Waals surface area contributed by atoms with Crippen LogP contribution >= 0.6 is 11.3 Å². The van der Waals surface area contributed by atoms with Gasteiger partial charge in [-0.2, -0.15) is 5.10 Å². The molecule has 0 bridgehead atoms. The first-order chi connectivity index (χ1) is 16.6. The molecule has 0 saturated carbocycles. The Morgan fingerprint density at radius 1 is 1.24 bits per heavy atom. The summed E-state index contributed by atoms with van der Waals surface area (Å²) in [6.07, 6.45) is 5.90. The van der Waals surface area contributed by atoms with E-state index in [9.17, 15) is 4.79 Å². The van der Waals surface area contributed by atoms with Crippen LogP contribution in [0.2, 0.25) is 0 Å². The molecule has 4 heterocycles. The number of thiophene rings is 1. The quantitative estimate of drug-likeness (QED) is 0.466. The molecule has 1 fully saturated rings. The molecule has 10 heteroatoms. The van der Waals surface area contributed by atoms with Crippen LogP contribution < -0.4 is 10.1 Å². The topological polar surface area (TPSA) is 99.3 Å². The molecule has 1 unspecified atom stereocenters. The molecule has 34 heavy (non-hydrogen) atoms. The summed E-state index contributed by atoms with van der Waals surface area (Å²) in [5, 5.41) is 12.6. The van der Waals surface area contributed by atoms with E-state index < -0.39 is 0 Å². The summed E-state index contributed by atoms with van der Waals surface area (Å²) in [7, 11) is 3.77. The van der Waals surface area contributed by atoms with Gasteiger partial charge in [-0.3, -0.25) is 9.89 Å². The predicted octanol–water partition coefficient (Wildman–Crippen LogP) is 3.20. The van der Waals surface area contributed by atoms with E-state index in [0.717, 1.165) is 78.1 Å². The Balaban J connectivity index is 1.30. The van der Waals surface area contributed by atoms with Gasteiger partial charge in [-0.25, -0.2) is 9.97 Å². The third-order valence-electron chi connectivity index (χ3n) is 7.02. The van der Waals surface area contributed by atoms with Crippen LogP contribution in [0.5, 0.6) is 5.75 Å². The lowest BCUT2D eigenvalue weighted by molar-refractivity contribution is -0.137. The average Bonchev–Trinajstić information content (AvgIpc) is 3.47. The summed E-state index contributed by atoms with van der Waals surface area (Å²) >= 11 is 1.69. The Kier molecular flexibility index (Phi) is 5.34. The Hall–Kier alpha value is -3.24. The molecule has 1 saturated heterocycles. The van der Waals surface area contributed by atoms with E-state index in [1.807, 2.05) is 17.0 Å². The highest BCUT2D eigenvalue weighted by Crippen LogP contribution is 2.42. The molecule has 1 aromatic carbocycles. The van der Waals surface area contributed by atoms with E-state index in [4.69, 9.17) is 4.74 Å². The smallest absolute Gasteiger partial charge is 0.226 e. The van der Waals surface area contributed by atoms with Gasteiger partial charge >= 0.3 is 0 Å². The number of ether oxygens (including phenoxy) is 1. The summed E-state index contributed by atoms with van der Waals surface area (Å²) < 4.78 is 5.61. The van der Waals surface area contributed by atoms with Gasteiger partial charge in [0.05, 0.1) is 29.9 Å². The summed E-state index contributed by atoms with van der Waals surface area (Å²) in [6.45, 7) is 3.55. The molecule has 176 valence electrons. The van der Waals surface area contributed by atoms with Gasteiger partial charge in [-0.1, -0.05) is 0 Å². The van der Waals surface area contributed by atoms with Crippen molar-refractivity contribution >= 4 is 49.9 Å². The van der Waals surface area contributed by atoms with Gasteiger partial charge in [-0.05, 0) is 37.9 Å². The number of likely N-dealkylation sites (N-methyl/N-ethyl adjacent to an activating group) is 1. The van der Waals surface area contributed by atoms with Crippen LogP contribution in [0, 0.1) is 5.92 Å². The molecule has 2 aliphatic rings. The maximum atomic E-state index is 13.2. The number of nitrogens with one attached hydrogen (secondary N) is 2. The third-order valence-corrected chi connectivity index (χ3v) is 8.19. The van der Waals surface area contributed by atoms with Gasteiger partial charge in [0.1, 0.15) is 22.7 Å². The number of carbonyl (C=O) groups excluding carboxylic acids is 1. The number of rotatable bonds is 4. The van der Waals surface area contributed by atoms with Gasteiger partial charge < -0.3 is 19.9 Å². The van der Waals surface area contributed by atoms with Crippen molar-refractivity contribution in [1.29, 1.82) is 0 Å². The fourth-order valence-electron chi connectivity index (χ4n) is 5.07. The number of carbonyl (C=O) groups is 1. The summed E-state index contributed by atoms with van der Waals surface area (Å²) in [5.41, 5.74) is 3.02. The number of fused-ring (bicyclic) bond motifs is 4. The molecule has 2 N–H and O–H groups in total. The van der Waals surface area contributed by atoms with Crippen LogP contribution in [0.1, 0.15) is 16.9 Å². The van der Waals surface area contributed by atoms with E-state index in [1.54, 1.807) is 31.0 Å². The third kappa shape index (κ3) is 3.67. The molecule has 1 amide bonds. The van der Waals surface area contributed by atoms with Crippen LogP contribution in [0.25, 0.3) is 21.1 Å². The van der Waals surface area contributed by atoms with Crippen LogP contribution in [-0.4, -0.2) is 76.2 Å². The molecule has 0 spiro atoms. The molecule has 4 aromatic rings. The van der Waals surface area contributed by atoms with Gasteiger partial charge in [0.2, 0.25) is 5.91 Å². The van der Waals surface area contributed by atoms with E-state index in [1.165, 1.54) is 10.4 Å². The number of piperazine rings is 1. The fraction of sp³-hybridized carbons (Fsp3) is 0.417. The fourth-order valence-corrected chi connectivity index (χ4v) is 6.33. The molecule has 9 nitrogen and oxygen atoms in total. The standard InChI is InChI=1S/C24H27N7O2S/c1-30-5-7-31(8-6-30)24(32)14-3-4-16-20(10-14)34-23-21(16)22(25-13-26-23)28-18-9-15-12-27-29-17(15)11-19(18)33-2/h9,11-14H,3-8,10H2,1-2H3,(H,27,29)(H,25,26,28). The predicted molar refractivity (Wildman–Crippen MR) is 133 cm³/mol. The second kappa shape index (κ2) is 8.52. The number of methoxy groups -OCH3 is 1. The van der Waals surface area contributed by atoms with Crippen molar-refractivity contribution < 1.29 is 9.53 Å². The molecule has 0 radical (unpaired) electrons. The minimum absolute atomic E-state index is 0.0527. The van der Waals surface area contributed by atoms with Crippen LogP contribution in [0.3, 0.4) is 0 Å². The average molecular weight is 478 g/mol. The number of anilines is 2. The minimum Gasteiger partial charge on any atom is -0.494 e. The second-order valence-electron chi connectivity index (χ2n) is 9.11. The molecule has 3 aromatic heterocycles. The second-order valence-corrected chi connectivity index (χ2v) is 10.2.